The quantitative estimate of drug-likeness (QED) is 0.860. The molecule has 0 unspecified atom stereocenters. The normalized spacial score (nSPS) is 16.6. The third-order valence-electron chi connectivity index (χ3n) is 3.69. The minimum absolute atomic E-state index is 0.194. The summed E-state index contributed by atoms with van der Waals surface area (Å²) in [5.74, 6) is 0.0793. The Kier molecular flexibility index (Phi) is 4.95. The number of aliphatic carboxylic acids is 1. The Hall–Kier alpha value is -1.62. The van der Waals surface area contributed by atoms with Crippen molar-refractivity contribution in [2.75, 3.05) is 18.0 Å². The number of hydrogen-bond acceptors (Lipinski definition) is 4. The summed E-state index contributed by atoms with van der Waals surface area (Å²) in [7, 11) is 0. The van der Waals surface area contributed by atoms with Crippen LogP contribution in [0.15, 0.2) is 18.3 Å². The Balaban J connectivity index is 1.89. The van der Waals surface area contributed by atoms with Gasteiger partial charge < -0.3 is 15.3 Å². The van der Waals surface area contributed by atoms with Crippen molar-refractivity contribution < 1.29 is 9.90 Å². The molecule has 1 aliphatic heterocycles. The van der Waals surface area contributed by atoms with E-state index in [4.69, 9.17) is 5.11 Å². The van der Waals surface area contributed by atoms with Crippen molar-refractivity contribution in [3.63, 3.8) is 0 Å². The average molecular weight is 277 g/mol. The van der Waals surface area contributed by atoms with Gasteiger partial charge >= 0.3 is 5.97 Å². The van der Waals surface area contributed by atoms with E-state index >= 15 is 0 Å². The topological polar surface area (TPSA) is 65.5 Å². The number of nitrogens with zero attached hydrogens (tertiary/aromatic N) is 2. The number of carbonyl (C=O) groups is 1. The van der Waals surface area contributed by atoms with Gasteiger partial charge in [0, 0.05) is 31.9 Å². The van der Waals surface area contributed by atoms with Gasteiger partial charge in [0.1, 0.15) is 5.82 Å². The van der Waals surface area contributed by atoms with Crippen molar-refractivity contribution in [3.05, 3.63) is 23.9 Å². The third-order valence-corrected chi connectivity index (χ3v) is 3.69. The van der Waals surface area contributed by atoms with Crippen LogP contribution in [0, 0.1) is 5.92 Å². The molecule has 0 amide bonds. The van der Waals surface area contributed by atoms with Gasteiger partial charge in [0.15, 0.2) is 0 Å². The third kappa shape index (κ3) is 3.93. The predicted octanol–water partition coefficient (Wildman–Crippen LogP) is 1.88. The molecule has 0 spiro atoms. The lowest BCUT2D eigenvalue weighted by molar-refractivity contribution is -0.142. The van der Waals surface area contributed by atoms with Gasteiger partial charge in [-0.2, -0.15) is 0 Å². The van der Waals surface area contributed by atoms with Crippen molar-refractivity contribution in [1.82, 2.24) is 10.3 Å². The lowest BCUT2D eigenvalue weighted by atomic mass is 9.97. The van der Waals surface area contributed by atoms with E-state index < -0.39 is 5.97 Å². The van der Waals surface area contributed by atoms with Crippen LogP contribution in [0.4, 0.5) is 5.82 Å². The molecular formula is C15H23N3O2. The lowest BCUT2D eigenvalue weighted by Gasteiger charge is -2.31. The van der Waals surface area contributed by atoms with Crippen LogP contribution in [-0.2, 0) is 11.3 Å². The van der Waals surface area contributed by atoms with Gasteiger partial charge in [-0.05, 0) is 24.5 Å². The summed E-state index contributed by atoms with van der Waals surface area (Å²) in [5.41, 5.74) is 1.17. The average Bonchev–Trinajstić information content (AvgIpc) is 2.46. The highest BCUT2D eigenvalue weighted by atomic mass is 16.4. The van der Waals surface area contributed by atoms with Gasteiger partial charge in [0.25, 0.3) is 0 Å². The van der Waals surface area contributed by atoms with Crippen molar-refractivity contribution in [3.8, 4) is 0 Å². The number of rotatable bonds is 5. The first-order valence-corrected chi connectivity index (χ1v) is 7.22. The fourth-order valence-electron chi connectivity index (χ4n) is 2.39. The van der Waals surface area contributed by atoms with Gasteiger partial charge in [0.2, 0.25) is 0 Å². The first-order chi connectivity index (χ1) is 9.56. The number of piperidine rings is 1. The fraction of sp³-hybridized carbons (Fsp3) is 0.600. The second-order valence-corrected chi connectivity index (χ2v) is 5.66. The molecule has 20 heavy (non-hydrogen) atoms. The van der Waals surface area contributed by atoms with E-state index in [-0.39, 0.29) is 5.92 Å². The van der Waals surface area contributed by atoms with Crippen LogP contribution in [0.2, 0.25) is 0 Å². The highest BCUT2D eigenvalue weighted by molar-refractivity contribution is 5.70. The summed E-state index contributed by atoms with van der Waals surface area (Å²) in [6.45, 7) is 6.61. The van der Waals surface area contributed by atoms with Gasteiger partial charge in [-0.3, -0.25) is 4.79 Å². The van der Waals surface area contributed by atoms with Gasteiger partial charge in [0.05, 0.1) is 5.92 Å². The Morgan fingerprint density at radius 1 is 1.45 bits per heavy atom. The fourth-order valence-corrected chi connectivity index (χ4v) is 2.39. The van der Waals surface area contributed by atoms with E-state index in [0.717, 1.165) is 25.5 Å². The number of anilines is 1. The Bertz CT molecular complexity index is 437. The molecule has 110 valence electrons. The molecule has 1 aromatic rings. The van der Waals surface area contributed by atoms with Crippen LogP contribution in [0.5, 0.6) is 0 Å². The number of nitrogens with one attached hydrogen (secondary N) is 1. The van der Waals surface area contributed by atoms with Crippen LogP contribution in [-0.4, -0.2) is 35.2 Å². The summed E-state index contributed by atoms with van der Waals surface area (Å²) >= 11 is 0. The van der Waals surface area contributed by atoms with Crippen LogP contribution < -0.4 is 10.2 Å². The number of carboxylic acid groups (broad SMARTS) is 1. The minimum atomic E-state index is -0.673. The largest absolute Gasteiger partial charge is 0.481 e. The number of carboxylic acids is 1. The molecule has 2 heterocycles. The molecule has 1 aliphatic rings. The smallest absolute Gasteiger partial charge is 0.306 e. The maximum atomic E-state index is 10.9. The zero-order valence-corrected chi connectivity index (χ0v) is 12.2. The summed E-state index contributed by atoms with van der Waals surface area (Å²) in [6, 6.07) is 4.57. The molecule has 5 nitrogen and oxygen atoms in total. The molecule has 2 rings (SSSR count). The molecule has 1 fully saturated rings. The second-order valence-electron chi connectivity index (χ2n) is 5.66. The molecular weight excluding hydrogens is 254 g/mol. The highest BCUT2D eigenvalue weighted by Gasteiger charge is 2.24. The molecule has 0 aliphatic carbocycles. The number of aromatic nitrogens is 1. The van der Waals surface area contributed by atoms with Crippen LogP contribution in [0.25, 0.3) is 0 Å². The van der Waals surface area contributed by atoms with E-state index in [2.05, 4.69) is 35.1 Å². The first-order valence-electron chi connectivity index (χ1n) is 7.22. The van der Waals surface area contributed by atoms with E-state index in [0.29, 0.717) is 18.9 Å². The summed E-state index contributed by atoms with van der Waals surface area (Å²) in [4.78, 5) is 17.6. The molecule has 0 saturated carbocycles. The predicted molar refractivity (Wildman–Crippen MR) is 78.8 cm³/mol. The Morgan fingerprint density at radius 3 is 2.65 bits per heavy atom. The van der Waals surface area contributed by atoms with Gasteiger partial charge in [-0.15, -0.1) is 0 Å². The molecule has 0 radical (unpaired) electrons. The van der Waals surface area contributed by atoms with Crippen molar-refractivity contribution in [2.24, 2.45) is 5.92 Å². The van der Waals surface area contributed by atoms with Gasteiger partial charge in [-0.1, -0.05) is 19.9 Å². The maximum absolute atomic E-state index is 10.9. The SMILES string of the molecule is CC(C)NCc1ccc(N2CCC(C(=O)O)CC2)nc1. The van der Waals surface area contributed by atoms with E-state index in [9.17, 15) is 4.79 Å². The Labute approximate surface area is 120 Å². The zero-order valence-electron chi connectivity index (χ0n) is 12.2. The summed E-state index contributed by atoms with van der Waals surface area (Å²) in [6.07, 6.45) is 3.30. The van der Waals surface area contributed by atoms with Crippen LogP contribution >= 0.6 is 0 Å². The summed E-state index contributed by atoms with van der Waals surface area (Å²) in [5, 5.41) is 12.4. The molecule has 0 aromatic carbocycles. The minimum Gasteiger partial charge on any atom is -0.481 e. The van der Waals surface area contributed by atoms with Crippen LogP contribution in [0.3, 0.4) is 0 Å². The molecule has 0 bridgehead atoms. The highest BCUT2D eigenvalue weighted by Crippen LogP contribution is 2.21. The monoisotopic (exact) mass is 277 g/mol. The van der Waals surface area contributed by atoms with E-state index in [1.807, 2.05) is 12.3 Å². The molecule has 1 aromatic heterocycles. The summed E-state index contributed by atoms with van der Waals surface area (Å²) < 4.78 is 0. The van der Waals surface area contributed by atoms with E-state index in [1.54, 1.807) is 0 Å². The standard InChI is InChI=1S/C15H23N3O2/c1-11(2)16-9-12-3-4-14(17-10-12)18-7-5-13(6-8-18)15(19)20/h3-4,10-11,13,16H,5-9H2,1-2H3,(H,19,20). The number of hydrogen-bond donors (Lipinski definition) is 2. The van der Waals surface area contributed by atoms with Crippen molar-refractivity contribution in [2.45, 2.75) is 39.3 Å². The van der Waals surface area contributed by atoms with Crippen molar-refractivity contribution in [1.29, 1.82) is 0 Å². The molecule has 5 heteroatoms. The second kappa shape index (κ2) is 6.70. The van der Waals surface area contributed by atoms with Crippen LogP contribution in [0.1, 0.15) is 32.3 Å². The first kappa shape index (κ1) is 14.8. The Morgan fingerprint density at radius 2 is 2.15 bits per heavy atom. The number of pyridine rings is 1. The van der Waals surface area contributed by atoms with Crippen molar-refractivity contribution >= 4 is 11.8 Å². The maximum Gasteiger partial charge on any atom is 0.306 e. The van der Waals surface area contributed by atoms with E-state index in [1.165, 1.54) is 5.56 Å². The van der Waals surface area contributed by atoms with Gasteiger partial charge in [-0.25, -0.2) is 4.98 Å². The lowest BCUT2D eigenvalue weighted by Crippen LogP contribution is -2.36. The molecule has 1 saturated heterocycles. The molecule has 0 atom stereocenters. The molecule has 2 N–H and O–H groups in total. The zero-order chi connectivity index (χ0) is 14.5.